The van der Waals surface area contributed by atoms with Crippen LogP contribution in [-0.4, -0.2) is 46.1 Å². The molecule has 1 saturated heterocycles. The maximum Gasteiger partial charge on any atom is 0.573 e. The average Bonchev–Trinajstić information content (AvgIpc) is 3.14. The van der Waals surface area contributed by atoms with E-state index in [0.717, 1.165) is 6.42 Å². The summed E-state index contributed by atoms with van der Waals surface area (Å²) < 4.78 is 41.0. The van der Waals surface area contributed by atoms with E-state index in [2.05, 4.69) is 14.7 Å². The van der Waals surface area contributed by atoms with Crippen molar-refractivity contribution in [1.29, 1.82) is 5.41 Å². The number of H-pyrrole nitrogens is 1. The van der Waals surface area contributed by atoms with Crippen LogP contribution in [0.4, 0.5) is 13.2 Å². The van der Waals surface area contributed by atoms with Crippen molar-refractivity contribution in [2.24, 2.45) is 11.7 Å². The van der Waals surface area contributed by atoms with Gasteiger partial charge in [-0.15, -0.1) is 13.2 Å². The van der Waals surface area contributed by atoms with Crippen molar-refractivity contribution in [2.75, 3.05) is 13.1 Å². The van der Waals surface area contributed by atoms with E-state index in [-0.39, 0.29) is 23.4 Å². The molecule has 7 nitrogen and oxygen atoms in total. The highest BCUT2D eigenvalue weighted by Gasteiger charge is 2.31. The Bertz CT molecular complexity index is 923. The van der Waals surface area contributed by atoms with Crippen molar-refractivity contribution in [3.63, 3.8) is 0 Å². The summed E-state index contributed by atoms with van der Waals surface area (Å²) in [5.74, 6) is 0.131. The molecule has 4 N–H and O–H groups in total. The van der Waals surface area contributed by atoms with Crippen LogP contribution in [0.5, 0.6) is 5.75 Å². The number of nitrogens with one attached hydrogen (secondary N) is 2. The van der Waals surface area contributed by atoms with Crippen LogP contribution in [0, 0.1) is 11.3 Å². The zero-order valence-corrected chi connectivity index (χ0v) is 15.4. The Morgan fingerprint density at radius 3 is 2.93 bits per heavy atom. The summed E-state index contributed by atoms with van der Waals surface area (Å²) >= 11 is 0. The number of likely N-dealkylation sites (tertiary alicyclic amines) is 1. The molecule has 1 amide bonds. The molecule has 1 unspecified atom stereocenters. The number of imidazole rings is 1. The van der Waals surface area contributed by atoms with Crippen molar-refractivity contribution in [1.82, 2.24) is 14.9 Å². The quantitative estimate of drug-likeness (QED) is 0.523. The minimum atomic E-state index is -4.77. The molecule has 154 valence electrons. The zero-order valence-electron chi connectivity index (χ0n) is 15.4. The van der Waals surface area contributed by atoms with E-state index in [4.69, 9.17) is 11.1 Å². The van der Waals surface area contributed by atoms with Crippen LogP contribution in [0.25, 0.3) is 17.3 Å². The molecule has 1 fully saturated rings. The Balaban J connectivity index is 1.67. The van der Waals surface area contributed by atoms with Crippen molar-refractivity contribution in [3.8, 4) is 17.0 Å². The monoisotopic (exact) mass is 407 g/mol. The molecule has 2 aromatic rings. The topological polar surface area (TPSA) is 108 Å². The molecular weight excluding hydrogens is 387 g/mol. The predicted octanol–water partition coefficient (Wildman–Crippen LogP) is 3.16. The molecule has 1 aromatic heterocycles. The van der Waals surface area contributed by atoms with Gasteiger partial charge in [-0.1, -0.05) is 12.1 Å². The number of amidine groups is 1. The smallest absolute Gasteiger partial charge is 0.406 e. The number of carbonyl (C=O) groups is 1. The van der Waals surface area contributed by atoms with E-state index in [1.54, 1.807) is 6.07 Å². The number of benzene rings is 1. The number of amides is 1. The highest BCUT2D eigenvalue weighted by molar-refractivity contribution is 6.04. The molecule has 0 saturated carbocycles. The van der Waals surface area contributed by atoms with Gasteiger partial charge in [0.1, 0.15) is 17.4 Å². The number of alkyl halides is 3. The number of carbonyl (C=O) groups excluding carboxylic acids is 1. The van der Waals surface area contributed by atoms with Gasteiger partial charge >= 0.3 is 6.36 Å². The van der Waals surface area contributed by atoms with Crippen LogP contribution in [0.1, 0.15) is 18.7 Å². The van der Waals surface area contributed by atoms with E-state index in [1.165, 1.54) is 41.4 Å². The Labute approximate surface area is 164 Å². The van der Waals surface area contributed by atoms with Crippen molar-refractivity contribution in [2.45, 2.75) is 19.2 Å². The third-order valence-electron chi connectivity index (χ3n) is 4.52. The van der Waals surface area contributed by atoms with Crippen LogP contribution < -0.4 is 10.5 Å². The molecule has 1 aliphatic heterocycles. The first-order valence-electron chi connectivity index (χ1n) is 8.93. The maximum atomic E-state index is 12.4. The maximum absolute atomic E-state index is 12.4. The molecule has 3 rings (SSSR count). The third kappa shape index (κ3) is 5.44. The summed E-state index contributed by atoms with van der Waals surface area (Å²) in [7, 11) is 0. The van der Waals surface area contributed by atoms with Gasteiger partial charge in [0.05, 0.1) is 11.9 Å². The number of nitrogens with two attached hydrogens (primary N) is 1. The van der Waals surface area contributed by atoms with E-state index in [1.807, 2.05) is 0 Å². The standard InChI is InChI=1S/C19H20F3N5O2/c20-19(21,22)29-14-3-1-2-13(9-14)15-11-25-17(26-15)5-4-16(24)27-7-6-12(10-23)8-18(27)28/h1-5,9,11-12,24H,6-8,10,23H2,(H,25,26)/b5-4-,24-16?. The number of aromatic amines is 1. The van der Waals surface area contributed by atoms with E-state index in [0.29, 0.717) is 36.6 Å². The summed E-state index contributed by atoms with van der Waals surface area (Å²) in [4.78, 5) is 20.6. The Morgan fingerprint density at radius 1 is 1.45 bits per heavy atom. The molecule has 10 heteroatoms. The van der Waals surface area contributed by atoms with Crippen LogP contribution in [-0.2, 0) is 4.79 Å². The molecular formula is C19H20F3N5O2. The minimum Gasteiger partial charge on any atom is -0.406 e. The molecule has 2 heterocycles. The van der Waals surface area contributed by atoms with E-state index >= 15 is 0 Å². The lowest BCUT2D eigenvalue weighted by Crippen LogP contribution is -2.43. The fourth-order valence-corrected chi connectivity index (χ4v) is 3.03. The number of ether oxygens (including phenoxy) is 1. The van der Waals surface area contributed by atoms with Gasteiger partial charge in [-0.3, -0.25) is 15.1 Å². The number of piperidine rings is 1. The second-order valence-corrected chi connectivity index (χ2v) is 6.62. The summed E-state index contributed by atoms with van der Waals surface area (Å²) in [6.45, 7) is 0.895. The van der Waals surface area contributed by atoms with Gasteiger partial charge in [-0.05, 0) is 43.2 Å². The molecule has 0 spiro atoms. The largest absolute Gasteiger partial charge is 0.573 e. The van der Waals surface area contributed by atoms with Crippen LogP contribution in [0.2, 0.25) is 0 Å². The fraction of sp³-hybridized carbons (Fsp3) is 0.316. The Kier molecular flexibility index (Phi) is 6.02. The van der Waals surface area contributed by atoms with Gasteiger partial charge in [0, 0.05) is 18.5 Å². The van der Waals surface area contributed by atoms with Crippen molar-refractivity contribution >= 4 is 17.8 Å². The summed E-state index contributed by atoms with van der Waals surface area (Å²) in [6.07, 6.45) is 0.759. The zero-order chi connectivity index (χ0) is 21.0. The number of halogens is 3. The highest BCUT2D eigenvalue weighted by Crippen LogP contribution is 2.27. The first-order chi connectivity index (χ1) is 13.7. The van der Waals surface area contributed by atoms with E-state index in [9.17, 15) is 18.0 Å². The van der Waals surface area contributed by atoms with Gasteiger partial charge in [-0.2, -0.15) is 0 Å². The van der Waals surface area contributed by atoms with Crippen LogP contribution in [0.3, 0.4) is 0 Å². The highest BCUT2D eigenvalue weighted by atomic mass is 19.4. The minimum absolute atomic E-state index is 0.0454. The number of aromatic nitrogens is 2. The molecule has 1 aliphatic rings. The first-order valence-corrected chi connectivity index (χ1v) is 8.93. The lowest BCUT2D eigenvalue weighted by Gasteiger charge is -2.30. The second-order valence-electron chi connectivity index (χ2n) is 6.62. The van der Waals surface area contributed by atoms with Crippen molar-refractivity contribution in [3.05, 3.63) is 42.4 Å². The predicted molar refractivity (Wildman–Crippen MR) is 101 cm³/mol. The fourth-order valence-electron chi connectivity index (χ4n) is 3.03. The van der Waals surface area contributed by atoms with Crippen LogP contribution >= 0.6 is 0 Å². The lowest BCUT2D eigenvalue weighted by atomic mass is 9.96. The lowest BCUT2D eigenvalue weighted by molar-refractivity contribution is -0.274. The van der Waals surface area contributed by atoms with Gasteiger partial charge in [-0.25, -0.2) is 4.98 Å². The summed E-state index contributed by atoms with van der Waals surface area (Å²) in [5, 5.41) is 8.09. The first kappa shape index (κ1) is 20.6. The third-order valence-corrected chi connectivity index (χ3v) is 4.52. The van der Waals surface area contributed by atoms with Gasteiger partial charge < -0.3 is 15.5 Å². The molecule has 29 heavy (non-hydrogen) atoms. The Morgan fingerprint density at radius 2 is 2.24 bits per heavy atom. The van der Waals surface area contributed by atoms with Crippen LogP contribution in [0.15, 0.2) is 36.5 Å². The summed E-state index contributed by atoms with van der Waals surface area (Å²) in [5.41, 5.74) is 6.55. The Hall–Kier alpha value is -3.14. The average molecular weight is 407 g/mol. The normalized spacial score (nSPS) is 17.7. The van der Waals surface area contributed by atoms with Crippen molar-refractivity contribution < 1.29 is 22.7 Å². The SMILES string of the molecule is N=C(/C=C\c1ncc(-c2cccc(OC(F)(F)F)c2)[nH]1)N1CCC(CN)CC1=O. The molecule has 0 radical (unpaired) electrons. The van der Waals surface area contributed by atoms with Gasteiger partial charge in [0.2, 0.25) is 5.91 Å². The number of hydrogen-bond donors (Lipinski definition) is 3. The molecule has 1 atom stereocenters. The molecule has 0 aliphatic carbocycles. The molecule has 1 aromatic carbocycles. The molecule has 0 bridgehead atoms. The number of nitrogens with zero attached hydrogens (tertiary/aromatic N) is 2. The summed E-state index contributed by atoms with van der Waals surface area (Å²) in [6, 6.07) is 5.52. The second kappa shape index (κ2) is 8.48. The van der Waals surface area contributed by atoms with Gasteiger partial charge in [0.15, 0.2) is 0 Å². The number of rotatable bonds is 5. The van der Waals surface area contributed by atoms with E-state index < -0.39 is 6.36 Å². The number of hydrogen-bond acceptors (Lipinski definition) is 5. The van der Waals surface area contributed by atoms with Gasteiger partial charge in [0.25, 0.3) is 0 Å².